The third-order valence-corrected chi connectivity index (χ3v) is 3.49. The Morgan fingerprint density at radius 2 is 1.05 bits per heavy atom. The van der Waals surface area contributed by atoms with Gasteiger partial charge in [0.05, 0.1) is 0 Å². The molecule has 0 aliphatic carbocycles. The molecule has 0 saturated carbocycles. The topological polar surface area (TPSA) is 46.2 Å². The Bertz CT molecular complexity index is 528. The van der Waals surface area contributed by atoms with Gasteiger partial charge < -0.3 is 5.32 Å². The molecule has 0 amide bonds. The highest BCUT2D eigenvalue weighted by molar-refractivity contribution is 6.49. The lowest BCUT2D eigenvalue weighted by atomic mass is 10.0. The van der Waals surface area contributed by atoms with Gasteiger partial charge in [-0.25, -0.2) is 0 Å². The minimum Gasteiger partial charge on any atom is -0.317 e. The third kappa shape index (κ3) is 4.93. The van der Waals surface area contributed by atoms with Crippen molar-refractivity contribution in [2.45, 2.75) is 19.3 Å². The van der Waals surface area contributed by atoms with E-state index in [1.165, 1.54) is 32.4 Å². The number of nitrogens with one attached hydrogen (secondary N) is 1. The van der Waals surface area contributed by atoms with Crippen LogP contribution in [-0.4, -0.2) is 24.7 Å². The van der Waals surface area contributed by atoms with Crippen LogP contribution in [0.5, 0.6) is 0 Å². The number of hydrogen-bond acceptors (Lipinski definition) is 3. The molecular formula is C19H21NO2. The molecule has 0 aromatic heterocycles. The molecular weight excluding hydrogens is 274 g/mol. The summed E-state index contributed by atoms with van der Waals surface area (Å²) >= 11 is 0. The lowest BCUT2D eigenvalue weighted by Crippen LogP contribution is -2.21. The van der Waals surface area contributed by atoms with Gasteiger partial charge in [0, 0.05) is 11.1 Å². The molecule has 1 heterocycles. The molecule has 0 unspecified atom stereocenters. The molecule has 0 atom stereocenters. The fourth-order valence-corrected chi connectivity index (χ4v) is 2.24. The van der Waals surface area contributed by atoms with Crippen molar-refractivity contribution in [2.75, 3.05) is 13.1 Å². The van der Waals surface area contributed by atoms with Gasteiger partial charge in [0.25, 0.3) is 0 Å². The Balaban J connectivity index is 0.000000246. The van der Waals surface area contributed by atoms with Crippen LogP contribution in [0.1, 0.15) is 40.0 Å². The van der Waals surface area contributed by atoms with Crippen LogP contribution in [0.2, 0.25) is 0 Å². The fourth-order valence-electron chi connectivity index (χ4n) is 2.24. The van der Waals surface area contributed by atoms with E-state index in [4.69, 9.17) is 0 Å². The third-order valence-electron chi connectivity index (χ3n) is 3.49. The lowest BCUT2D eigenvalue weighted by molar-refractivity contribution is 0.0817. The number of hydrogen-bond donors (Lipinski definition) is 1. The van der Waals surface area contributed by atoms with Crippen molar-refractivity contribution in [1.82, 2.24) is 5.32 Å². The standard InChI is InChI=1S/C14H10O2.C5H11N/c15-13(11-7-3-1-4-8-11)14(16)12-9-5-2-6-10-12;1-2-4-6-5-3-1/h1-10H;6H,1-5H2. The predicted molar refractivity (Wildman–Crippen MR) is 88.3 cm³/mol. The zero-order chi connectivity index (χ0) is 15.6. The zero-order valence-electron chi connectivity index (χ0n) is 12.6. The Kier molecular flexibility index (Phi) is 6.52. The van der Waals surface area contributed by atoms with E-state index >= 15 is 0 Å². The van der Waals surface area contributed by atoms with Gasteiger partial charge in [-0.3, -0.25) is 9.59 Å². The van der Waals surface area contributed by atoms with Crippen LogP contribution < -0.4 is 5.32 Å². The summed E-state index contributed by atoms with van der Waals surface area (Å²) in [6.07, 6.45) is 4.22. The average Bonchev–Trinajstić information content (AvgIpc) is 2.64. The Hall–Kier alpha value is -2.26. The van der Waals surface area contributed by atoms with Crippen molar-refractivity contribution < 1.29 is 9.59 Å². The number of rotatable bonds is 3. The van der Waals surface area contributed by atoms with Crippen molar-refractivity contribution in [1.29, 1.82) is 0 Å². The molecule has 1 saturated heterocycles. The second-order valence-electron chi connectivity index (χ2n) is 5.20. The van der Waals surface area contributed by atoms with Crippen LogP contribution in [0.4, 0.5) is 0 Å². The highest BCUT2D eigenvalue weighted by Crippen LogP contribution is 2.07. The molecule has 3 heteroatoms. The maximum Gasteiger partial charge on any atom is 0.233 e. The summed E-state index contributed by atoms with van der Waals surface area (Å²) in [6.45, 7) is 2.50. The first-order valence-corrected chi connectivity index (χ1v) is 7.69. The minimum atomic E-state index is -0.466. The summed E-state index contributed by atoms with van der Waals surface area (Å²) in [4.78, 5) is 23.6. The molecule has 0 spiro atoms. The van der Waals surface area contributed by atoms with Gasteiger partial charge in [-0.1, -0.05) is 67.1 Å². The second-order valence-corrected chi connectivity index (χ2v) is 5.20. The molecule has 2 aromatic rings. The van der Waals surface area contributed by atoms with Crippen LogP contribution in [0.15, 0.2) is 60.7 Å². The summed E-state index contributed by atoms with van der Waals surface area (Å²) < 4.78 is 0. The minimum absolute atomic E-state index is 0.427. The largest absolute Gasteiger partial charge is 0.317 e. The van der Waals surface area contributed by atoms with Crippen LogP contribution in [0, 0.1) is 0 Å². The number of Topliss-reactive ketones (excluding diaryl/α,β-unsaturated/α-hetero) is 2. The van der Waals surface area contributed by atoms with Crippen molar-refractivity contribution >= 4 is 11.6 Å². The van der Waals surface area contributed by atoms with E-state index in [9.17, 15) is 9.59 Å². The van der Waals surface area contributed by atoms with Crippen LogP contribution in [0.3, 0.4) is 0 Å². The first-order chi connectivity index (χ1) is 10.8. The fraction of sp³-hybridized carbons (Fsp3) is 0.263. The Morgan fingerprint density at radius 1 is 0.636 bits per heavy atom. The number of carbonyl (C=O) groups excluding carboxylic acids is 2. The van der Waals surface area contributed by atoms with Crippen LogP contribution in [0.25, 0.3) is 0 Å². The van der Waals surface area contributed by atoms with Gasteiger partial charge in [-0.05, 0) is 25.9 Å². The summed E-state index contributed by atoms with van der Waals surface area (Å²) in [5.41, 5.74) is 0.854. The van der Waals surface area contributed by atoms with E-state index in [2.05, 4.69) is 5.32 Å². The van der Waals surface area contributed by atoms with E-state index in [0.29, 0.717) is 11.1 Å². The summed E-state index contributed by atoms with van der Waals surface area (Å²) in [6, 6.07) is 17.2. The van der Waals surface area contributed by atoms with Gasteiger partial charge in [0.15, 0.2) is 0 Å². The molecule has 1 aliphatic heterocycles. The monoisotopic (exact) mass is 295 g/mol. The van der Waals surface area contributed by atoms with Crippen molar-refractivity contribution in [3.8, 4) is 0 Å². The SMILES string of the molecule is C1CCNCC1.O=C(C(=O)c1ccccc1)c1ccccc1. The van der Waals surface area contributed by atoms with Crippen molar-refractivity contribution in [3.05, 3.63) is 71.8 Å². The molecule has 0 bridgehead atoms. The van der Waals surface area contributed by atoms with Gasteiger partial charge >= 0.3 is 0 Å². The van der Waals surface area contributed by atoms with Crippen molar-refractivity contribution in [3.63, 3.8) is 0 Å². The maximum atomic E-state index is 11.8. The summed E-state index contributed by atoms with van der Waals surface area (Å²) in [7, 11) is 0. The quantitative estimate of drug-likeness (QED) is 0.696. The number of carbonyl (C=O) groups is 2. The maximum absolute atomic E-state index is 11.8. The number of piperidine rings is 1. The van der Waals surface area contributed by atoms with E-state index in [-0.39, 0.29) is 0 Å². The molecule has 1 fully saturated rings. The van der Waals surface area contributed by atoms with E-state index in [1.807, 2.05) is 12.1 Å². The molecule has 3 nitrogen and oxygen atoms in total. The van der Waals surface area contributed by atoms with E-state index in [0.717, 1.165) is 0 Å². The van der Waals surface area contributed by atoms with Crippen molar-refractivity contribution in [2.24, 2.45) is 0 Å². The molecule has 114 valence electrons. The summed E-state index contributed by atoms with van der Waals surface area (Å²) in [5, 5.41) is 3.28. The number of benzene rings is 2. The first-order valence-electron chi connectivity index (χ1n) is 7.69. The molecule has 0 radical (unpaired) electrons. The molecule has 1 aliphatic rings. The summed E-state index contributed by atoms with van der Waals surface area (Å²) in [5.74, 6) is -0.932. The lowest BCUT2D eigenvalue weighted by Gasteiger charge is -2.08. The molecule has 2 aromatic carbocycles. The highest BCUT2D eigenvalue weighted by Gasteiger charge is 2.16. The highest BCUT2D eigenvalue weighted by atomic mass is 16.2. The Morgan fingerprint density at radius 3 is 1.32 bits per heavy atom. The van der Waals surface area contributed by atoms with E-state index < -0.39 is 11.6 Å². The molecule has 3 rings (SSSR count). The first kappa shape index (κ1) is 16.1. The van der Waals surface area contributed by atoms with Gasteiger partial charge in [0.1, 0.15) is 0 Å². The normalized spacial score (nSPS) is 13.6. The van der Waals surface area contributed by atoms with Gasteiger partial charge in [-0.2, -0.15) is 0 Å². The molecule has 1 N–H and O–H groups in total. The van der Waals surface area contributed by atoms with Crippen LogP contribution >= 0.6 is 0 Å². The van der Waals surface area contributed by atoms with Crippen LogP contribution in [-0.2, 0) is 0 Å². The van der Waals surface area contributed by atoms with Gasteiger partial charge in [-0.15, -0.1) is 0 Å². The predicted octanol–water partition coefficient (Wildman–Crippen LogP) is 3.51. The second kappa shape index (κ2) is 8.90. The average molecular weight is 295 g/mol. The smallest absolute Gasteiger partial charge is 0.233 e. The Labute approximate surface area is 131 Å². The molecule has 22 heavy (non-hydrogen) atoms. The number of ketones is 2. The zero-order valence-corrected chi connectivity index (χ0v) is 12.6. The van der Waals surface area contributed by atoms with Gasteiger partial charge in [0.2, 0.25) is 11.6 Å². The van der Waals surface area contributed by atoms with E-state index in [1.54, 1.807) is 48.5 Å².